The Morgan fingerprint density at radius 2 is 1.33 bits per heavy atom. The van der Waals surface area contributed by atoms with E-state index in [9.17, 15) is 0 Å². The van der Waals surface area contributed by atoms with Gasteiger partial charge in [-0.25, -0.2) is 0 Å². The van der Waals surface area contributed by atoms with E-state index in [0.717, 1.165) is 72.4 Å². The van der Waals surface area contributed by atoms with E-state index in [-0.39, 0.29) is 31.9 Å². The van der Waals surface area contributed by atoms with Crippen LogP contribution in [0.1, 0.15) is 60.3 Å². The molecule has 0 aliphatic heterocycles. The predicted octanol–water partition coefficient (Wildman–Crippen LogP) is 15.4. The van der Waals surface area contributed by atoms with Crippen molar-refractivity contribution in [2.45, 2.75) is 66.0 Å². The Morgan fingerprint density at radius 1 is 0.641 bits per heavy atom. The summed E-state index contributed by atoms with van der Waals surface area (Å²) >= 11 is 0. The first-order valence-corrected chi connectivity index (χ1v) is 25.3. The van der Waals surface area contributed by atoms with Crippen molar-refractivity contribution in [1.29, 1.82) is 0 Å². The Bertz CT molecular complexity index is 3290. The summed E-state index contributed by atoms with van der Waals surface area (Å²) in [6.07, 6.45) is 2.02. The topological polar surface area (TPSA) is 43.9 Å². The monoisotopic (exact) mass is 1030 g/mol. The molecule has 3 heterocycles. The zero-order valence-electron chi connectivity index (χ0n) is 40.3. The average molecular weight is 1030 g/mol. The molecular weight excluding hydrogens is 975 g/mol. The van der Waals surface area contributed by atoms with Crippen molar-refractivity contribution in [1.82, 2.24) is 14.5 Å². The number of imidazole rings is 1. The molecule has 1 radical (unpaired) electrons. The largest absolute Gasteiger partial charge is 0.501 e. The van der Waals surface area contributed by atoms with Crippen molar-refractivity contribution in [3.63, 3.8) is 0 Å². The summed E-state index contributed by atoms with van der Waals surface area (Å²) in [5, 5.41) is 3.38. The number of rotatable bonds is 8. The number of para-hydroxylation sites is 2. The Balaban J connectivity index is 0.000000303. The first-order chi connectivity index (χ1) is 31.7. The summed E-state index contributed by atoms with van der Waals surface area (Å²) < 4.78 is 32.2. The average Bonchev–Trinajstić information content (AvgIpc) is 3.90. The maximum Gasteiger partial charge on any atom is 0.121 e. The number of nitrogens with zero attached hydrogens (tertiary/aromatic N) is 3. The minimum atomic E-state index is -2.14. The van der Waals surface area contributed by atoms with Crippen molar-refractivity contribution in [3.05, 3.63) is 193 Å². The van der Waals surface area contributed by atoms with E-state index in [2.05, 4.69) is 160 Å². The first kappa shape index (κ1) is 40.6. The molecule has 0 fully saturated rings. The molecule has 64 heavy (non-hydrogen) atoms. The van der Waals surface area contributed by atoms with Gasteiger partial charge in [0.1, 0.15) is 5.58 Å². The van der Waals surface area contributed by atoms with Crippen LogP contribution in [0.15, 0.2) is 168 Å². The normalized spacial score (nSPS) is 12.5. The van der Waals surface area contributed by atoms with Crippen molar-refractivity contribution in [2.24, 2.45) is 0 Å². The Labute approximate surface area is 396 Å². The first-order valence-electron chi connectivity index (χ1n) is 23.3. The molecule has 0 unspecified atom stereocenters. The molecule has 10 rings (SSSR count). The molecule has 0 N–H and O–H groups in total. The van der Waals surface area contributed by atoms with Crippen LogP contribution >= 0.6 is 0 Å². The number of hydrogen-bond donors (Lipinski definition) is 0. The molecule has 0 spiro atoms. The minimum absolute atomic E-state index is 0. The standard InChI is InChI=1S/C44H37N2O.C14H16NSi.Ir/c1-27(2)37-24-33(30-12-7-6-8-13-30)25-38(28(3)4)42(37)46-40-17-10-9-16-39(40)45-44(46)36-15-11-14-35-34-23-22-32(26-41(34)47-43(35)36)31-20-18-29(5)19-21-31;1-16(2,3)13-9-10-14(15-11-13)12-7-5-4-6-8-12;/h6-14,16-28H,1-5H3;4-7,9-11H,1-3H3;/q2*-1;/i5D3;;. The number of aryl methyl sites for hydroxylation is 1. The SMILES string of the molecule is C[Si](C)(C)c1ccc(-c2[c-]cccc2)nc1.[2H]C([2H])([2H])c1ccc(-c2ccc3c(c2)oc2c(-c4nc5ccccc5n4-c4c(C(C)C)cc(-c5ccccc5)cc4C(C)C)[c-]ccc23)cc1.[Ir]. The number of hydrogen-bond acceptors (Lipinski definition) is 3. The van der Waals surface area contributed by atoms with Gasteiger partial charge in [-0.3, -0.25) is 4.98 Å². The van der Waals surface area contributed by atoms with E-state index in [0.29, 0.717) is 5.56 Å². The summed E-state index contributed by atoms with van der Waals surface area (Å²) in [5.74, 6) is 1.28. The number of furan rings is 1. The van der Waals surface area contributed by atoms with E-state index in [1.54, 1.807) is 12.1 Å². The fourth-order valence-corrected chi connectivity index (χ4v) is 9.37. The summed E-state index contributed by atoms with van der Waals surface area (Å²) in [6, 6.07) is 59.8. The fraction of sp³-hybridized carbons (Fsp3) is 0.172. The van der Waals surface area contributed by atoms with Gasteiger partial charge < -0.3 is 14.0 Å². The Morgan fingerprint density at radius 3 is 1.98 bits per heavy atom. The van der Waals surface area contributed by atoms with Gasteiger partial charge in [-0.05, 0) is 93.3 Å². The zero-order valence-corrected chi connectivity index (χ0v) is 40.7. The molecule has 10 aromatic rings. The number of aromatic nitrogens is 3. The quantitative estimate of drug-likeness (QED) is 0.113. The summed E-state index contributed by atoms with van der Waals surface area (Å²) in [6.45, 7) is 13.9. The van der Waals surface area contributed by atoms with Crippen LogP contribution in [0.2, 0.25) is 19.6 Å². The molecule has 0 saturated heterocycles. The Kier molecular flexibility index (Phi) is 11.7. The third-order valence-electron chi connectivity index (χ3n) is 11.8. The number of pyridine rings is 1. The van der Waals surface area contributed by atoms with Crippen LogP contribution in [-0.4, -0.2) is 22.6 Å². The van der Waals surface area contributed by atoms with Crippen LogP contribution in [0.4, 0.5) is 0 Å². The molecule has 6 heteroatoms. The molecule has 4 nitrogen and oxygen atoms in total. The Hall–Kier alpha value is -6.17. The summed E-state index contributed by atoms with van der Waals surface area (Å²) in [5.41, 5.74) is 14.6. The second kappa shape index (κ2) is 18.5. The molecule has 0 aliphatic rings. The van der Waals surface area contributed by atoms with Crippen LogP contribution in [0.25, 0.3) is 83.6 Å². The van der Waals surface area contributed by atoms with E-state index < -0.39 is 14.9 Å². The summed E-state index contributed by atoms with van der Waals surface area (Å²) in [4.78, 5) is 9.80. The van der Waals surface area contributed by atoms with E-state index in [1.807, 2.05) is 60.8 Å². The molecule has 321 valence electrons. The smallest absolute Gasteiger partial charge is 0.121 e. The third-order valence-corrected chi connectivity index (χ3v) is 13.8. The van der Waals surface area contributed by atoms with Crippen molar-refractivity contribution in [3.8, 4) is 50.6 Å². The minimum Gasteiger partial charge on any atom is -0.501 e. The van der Waals surface area contributed by atoms with Gasteiger partial charge in [-0.2, -0.15) is 0 Å². The van der Waals surface area contributed by atoms with Crippen LogP contribution in [0, 0.1) is 19.0 Å². The van der Waals surface area contributed by atoms with Crippen LogP contribution < -0.4 is 5.19 Å². The molecule has 0 atom stereocenters. The predicted molar refractivity (Wildman–Crippen MR) is 268 cm³/mol. The molecule has 0 aliphatic carbocycles. The molecular formula is C58H53IrN3OSi-2. The van der Waals surface area contributed by atoms with Crippen molar-refractivity contribution in [2.75, 3.05) is 0 Å². The van der Waals surface area contributed by atoms with Gasteiger partial charge in [0.15, 0.2) is 0 Å². The third kappa shape index (κ3) is 8.83. The van der Waals surface area contributed by atoms with Crippen LogP contribution in [-0.2, 0) is 20.1 Å². The molecule has 7 aromatic carbocycles. The molecule has 0 amide bonds. The van der Waals surface area contributed by atoms with Gasteiger partial charge in [0.2, 0.25) is 0 Å². The van der Waals surface area contributed by atoms with E-state index in [1.165, 1.54) is 27.4 Å². The number of benzene rings is 7. The van der Waals surface area contributed by atoms with Gasteiger partial charge in [-0.15, -0.1) is 54.1 Å². The van der Waals surface area contributed by atoms with Gasteiger partial charge in [-0.1, -0.05) is 155 Å². The van der Waals surface area contributed by atoms with Gasteiger partial charge >= 0.3 is 0 Å². The number of fused-ring (bicyclic) bond motifs is 4. The second-order valence-electron chi connectivity index (χ2n) is 17.9. The molecule has 0 bridgehead atoms. The van der Waals surface area contributed by atoms with Crippen LogP contribution in [0.5, 0.6) is 0 Å². The molecule has 3 aromatic heterocycles. The second-order valence-corrected chi connectivity index (χ2v) is 23.0. The van der Waals surface area contributed by atoms with Crippen LogP contribution in [0.3, 0.4) is 0 Å². The maximum absolute atomic E-state index is 7.73. The fourth-order valence-electron chi connectivity index (χ4n) is 8.34. The van der Waals surface area contributed by atoms with Crippen molar-refractivity contribution < 1.29 is 28.6 Å². The van der Waals surface area contributed by atoms with Gasteiger partial charge in [0, 0.05) is 41.5 Å². The van der Waals surface area contributed by atoms with E-state index >= 15 is 0 Å². The van der Waals surface area contributed by atoms with E-state index in [4.69, 9.17) is 13.5 Å². The maximum atomic E-state index is 7.73. The van der Waals surface area contributed by atoms with Crippen molar-refractivity contribution >= 4 is 46.2 Å². The summed E-state index contributed by atoms with van der Waals surface area (Å²) in [7, 11) is -1.23. The zero-order chi connectivity index (χ0) is 46.3. The van der Waals surface area contributed by atoms with Gasteiger partial charge in [0.25, 0.3) is 0 Å². The van der Waals surface area contributed by atoms with Gasteiger partial charge in [0.05, 0.1) is 30.5 Å². The molecule has 0 saturated carbocycles.